The fourth-order valence-electron chi connectivity index (χ4n) is 3.84. The van der Waals surface area contributed by atoms with Gasteiger partial charge in [0, 0.05) is 34.5 Å². The van der Waals surface area contributed by atoms with E-state index in [1.54, 1.807) is 36.3 Å². The van der Waals surface area contributed by atoms with Crippen LogP contribution in [0.3, 0.4) is 0 Å². The van der Waals surface area contributed by atoms with Gasteiger partial charge in [-0.1, -0.05) is 18.2 Å². The Morgan fingerprint density at radius 3 is 2.64 bits per heavy atom. The molecule has 2 aromatic heterocycles. The molecular weight excluding hydrogens is 454 g/mol. The molecule has 0 bridgehead atoms. The van der Waals surface area contributed by atoms with E-state index in [1.807, 2.05) is 25.1 Å². The Morgan fingerprint density at radius 2 is 1.88 bits per heavy atom. The Hall–Kier alpha value is -2.36. The molecule has 4 rings (SSSR count). The number of nitrogens with zero attached hydrogens (tertiary/aromatic N) is 4. The number of thiazole rings is 1. The minimum absolute atomic E-state index is 0.492. The third kappa shape index (κ3) is 6.37. The molecule has 0 atom stereocenters. The van der Waals surface area contributed by atoms with Crippen molar-refractivity contribution >= 4 is 28.9 Å². The van der Waals surface area contributed by atoms with E-state index in [0.717, 1.165) is 40.0 Å². The molecule has 1 aliphatic rings. The highest BCUT2D eigenvalue weighted by Crippen LogP contribution is 2.36. The van der Waals surface area contributed by atoms with Gasteiger partial charge in [0.1, 0.15) is 17.4 Å². The third-order valence-electron chi connectivity index (χ3n) is 5.61. The maximum Gasteiger partial charge on any atom is 0.190 e. The zero-order valence-corrected chi connectivity index (χ0v) is 21.1. The summed E-state index contributed by atoms with van der Waals surface area (Å²) in [7, 11) is 1.68. The van der Waals surface area contributed by atoms with Gasteiger partial charge < -0.3 is 15.2 Å². The van der Waals surface area contributed by atoms with E-state index in [2.05, 4.69) is 21.8 Å². The van der Waals surface area contributed by atoms with Crippen molar-refractivity contribution < 1.29 is 9.47 Å². The summed E-state index contributed by atoms with van der Waals surface area (Å²) < 4.78 is 11.7. The van der Waals surface area contributed by atoms with E-state index in [1.165, 1.54) is 37.2 Å². The highest BCUT2D eigenvalue weighted by Gasteiger charge is 2.15. The molecule has 0 radical (unpaired) electrons. The van der Waals surface area contributed by atoms with Crippen LogP contribution < -0.4 is 15.2 Å². The van der Waals surface area contributed by atoms with Crippen LogP contribution in [0, 0.1) is 13.8 Å². The van der Waals surface area contributed by atoms with E-state index in [-0.39, 0.29) is 0 Å². The number of thioether (sulfide) groups is 1. The monoisotopic (exact) mass is 485 g/mol. The van der Waals surface area contributed by atoms with E-state index in [9.17, 15) is 0 Å². The predicted molar refractivity (Wildman–Crippen MR) is 135 cm³/mol. The number of piperidine rings is 1. The summed E-state index contributed by atoms with van der Waals surface area (Å²) in [5.41, 5.74) is 8.78. The first-order valence-corrected chi connectivity index (χ1v) is 13.1. The Morgan fingerprint density at radius 1 is 1.06 bits per heavy atom. The number of nitrogens with two attached hydrogens (primary N) is 1. The van der Waals surface area contributed by atoms with Crippen molar-refractivity contribution in [3.05, 3.63) is 40.5 Å². The molecule has 3 aromatic rings. The fourth-order valence-corrected chi connectivity index (χ4v) is 5.78. The Bertz CT molecular complexity index is 1060. The van der Waals surface area contributed by atoms with Crippen molar-refractivity contribution in [1.29, 1.82) is 0 Å². The van der Waals surface area contributed by atoms with Crippen molar-refractivity contribution in [3.8, 4) is 22.1 Å². The molecule has 33 heavy (non-hydrogen) atoms. The molecule has 1 aliphatic heterocycles. The predicted octanol–water partition coefficient (Wildman–Crippen LogP) is 4.96. The third-order valence-corrected chi connectivity index (χ3v) is 7.53. The highest BCUT2D eigenvalue weighted by molar-refractivity contribution is 7.98. The summed E-state index contributed by atoms with van der Waals surface area (Å²) in [6.45, 7) is 7.95. The van der Waals surface area contributed by atoms with Crippen molar-refractivity contribution in [1.82, 2.24) is 19.9 Å². The molecule has 9 heteroatoms. The van der Waals surface area contributed by atoms with Gasteiger partial charge in [-0.05, 0) is 58.0 Å². The van der Waals surface area contributed by atoms with Crippen LogP contribution in [-0.2, 0) is 5.75 Å². The molecule has 0 unspecified atom stereocenters. The summed E-state index contributed by atoms with van der Waals surface area (Å²) in [6, 6.07) is 7.80. The van der Waals surface area contributed by atoms with Crippen LogP contribution >= 0.6 is 23.1 Å². The minimum atomic E-state index is 0.492. The van der Waals surface area contributed by atoms with Crippen LogP contribution in [-0.4, -0.2) is 53.2 Å². The topological polar surface area (TPSA) is 86.4 Å². The quantitative estimate of drug-likeness (QED) is 0.336. The van der Waals surface area contributed by atoms with Crippen LogP contribution in [0.2, 0.25) is 0 Å². The van der Waals surface area contributed by atoms with Crippen molar-refractivity contribution in [2.75, 3.05) is 39.1 Å². The first-order chi connectivity index (χ1) is 16.0. The number of ether oxygens (including phenoxy) is 2. The molecule has 1 aromatic carbocycles. The number of nitrogen functional groups attached to an aromatic ring is 1. The summed E-state index contributed by atoms with van der Waals surface area (Å²) >= 11 is 3.23. The van der Waals surface area contributed by atoms with Crippen molar-refractivity contribution in [2.24, 2.45) is 0 Å². The molecule has 1 fully saturated rings. The Balaban J connectivity index is 1.44. The van der Waals surface area contributed by atoms with Crippen LogP contribution in [0.5, 0.6) is 11.5 Å². The molecule has 176 valence electrons. The number of hydrogen-bond acceptors (Lipinski definition) is 9. The first-order valence-electron chi connectivity index (χ1n) is 11.3. The number of benzene rings is 1. The molecule has 0 aliphatic carbocycles. The summed E-state index contributed by atoms with van der Waals surface area (Å²) in [5, 5.41) is 1.64. The van der Waals surface area contributed by atoms with Crippen LogP contribution in [0.15, 0.2) is 29.4 Å². The van der Waals surface area contributed by atoms with Gasteiger partial charge in [-0.25, -0.2) is 15.0 Å². The number of rotatable bonds is 9. The summed E-state index contributed by atoms with van der Waals surface area (Å²) in [5.74, 6) is 2.70. The van der Waals surface area contributed by atoms with Crippen LogP contribution in [0.25, 0.3) is 10.6 Å². The lowest BCUT2D eigenvalue weighted by atomic mass is 10.1. The van der Waals surface area contributed by atoms with Gasteiger partial charge in [0.05, 0.1) is 12.8 Å². The SMILES string of the molecule is COc1ccc(-c2nc(CSc3nc(C)cc(N)n3)c(C)s2)cc1OCCN1CCCCC1. The van der Waals surface area contributed by atoms with Gasteiger partial charge in [-0.3, -0.25) is 4.90 Å². The van der Waals surface area contributed by atoms with Crippen LogP contribution in [0.1, 0.15) is 35.5 Å². The maximum absolute atomic E-state index is 6.14. The standard InChI is InChI=1S/C24H31N5O2S2/c1-16-13-22(25)28-24(26-16)32-15-19-17(2)33-23(27-19)18-7-8-20(30-3)21(14-18)31-12-11-29-9-5-4-6-10-29/h7-8,13-14H,4-6,9-12,15H2,1-3H3,(H2,25,26,28). The molecule has 2 N–H and O–H groups in total. The molecule has 1 saturated heterocycles. The van der Waals surface area contributed by atoms with Crippen LogP contribution in [0.4, 0.5) is 5.82 Å². The highest BCUT2D eigenvalue weighted by atomic mass is 32.2. The second-order valence-corrected chi connectivity index (χ2v) is 10.3. The second kappa shape index (κ2) is 11.2. The number of aryl methyl sites for hydroxylation is 2. The summed E-state index contributed by atoms with van der Waals surface area (Å²) in [4.78, 5) is 17.3. The number of methoxy groups -OCH3 is 1. The normalized spacial score (nSPS) is 14.4. The number of anilines is 1. The largest absolute Gasteiger partial charge is 0.493 e. The average molecular weight is 486 g/mol. The first kappa shape index (κ1) is 23.8. The minimum Gasteiger partial charge on any atom is -0.493 e. The smallest absolute Gasteiger partial charge is 0.190 e. The van der Waals surface area contributed by atoms with E-state index in [4.69, 9.17) is 20.2 Å². The molecular formula is C24H31N5O2S2. The zero-order chi connectivity index (χ0) is 23.2. The molecule has 0 spiro atoms. The van der Waals surface area contributed by atoms with Gasteiger partial charge in [0.25, 0.3) is 0 Å². The number of hydrogen-bond donors (Lipinski definition) is 1. The van der Waals surface area contributed by atoms with E-state index in [0.29, 0.717) is 23.3 Å². The molecule has 0 saturated carbocycles. The van der Waals surface area contributed by atoms with Crippen molar-refractivity contribution in [2.45, 2.75) is 44.0 Å². The van der Waals surface area contributed by atoms with E-state index >= 15 is 0 Å². The molecule has 0 amide bonds. The van der Waals surface area contributed by atoms with Gasteiger partial charge in [0.2, 0.25) is 0 Å². The lowest BCUT2D eigenvalue weighted by molar-refractivity contribution is 0.180. The van der Waals surface area contributed by atoms with Gasteiger partial charge in [0.15, 0.2) is 16.7 Å². The summed E-state index contributed by atoms with van der Waals surface area (Å²) in [6.07, 6.45) is 3.91. The van der Waals surface area contributed by atoms with Gasteiger partial charge >= 0.3 is 0 Å². The number of likely N-dealkylation sites (tertiary alicyclic amines) is 1. The average Bonchev–Trinajstić information content (AvgIpc) is 3.18. The Kier molecular flexibility index (Phi) is 8.06. The lowest BCUT2D eigenvalue weighted by Crippen LogP contribution is -2.33. The fraction of sp³-hybridized carbons (Fsp3) is 0.458. The van der Waals surface area contributed by atoms with E-state index < -0.39 is 0 Å². The second-order valence-electron chi connectivity index (χ2n) is 8.14. The van der Waals surface area contributed by atoms with Gasteiger partial charge in [-0.2, -0.15) is 0 Å². The molecule has 3 heterocycles. The lowest BCUT2D eigenvalue weighted by Gasteiger charge is -2.26. The van der Waals surface area contributed by atoms with Crippen molar-refractivity contribution in [3.63, 3.8) is 0 Å². The zero-order valence-electron chi connectivity index (χ0n) is 19.5. The Labute approximate surface area is 203 Å². The number of aromatic nitrogens is 3. The van der Waals surface area contributed by atoms with Gasteiger partial charge in [-0.15, -0.1) is 11.3 Å². The molecule has 7 nitrogen and oxygen atoms in total. The maximum atomic E-state index is 6.14.